The van der Waals surface area contributed by atoms with Crippen LogP contribution in [0.25, 0.3) is 0 Å². The number of anilines is 1. The van der Waals surface area contributed by atoms with Gasteiger partial charge in [0.1, 0.15) is 11.6 Å². The molecule has 0 N–H and O–H groups in total. The van der Waals surface area contributed by atoms with Crippen LogP contribution in [-0.4, -0.2) is 28.1 Å². The number of rotatable bonds is 6. The molecule has 0 fully saturated rings. The monoisotopic (exact) mass is 392 g/mol. The summed E-state index contributed by atoms with van der Waals surface area (Å²) in [7, 11) is -7.61. The predicted molar refractivity (Wildman–Crippen MR) is 95.9 cm³/mol. The minimum Gasteiger partial charge on any atom is -0.467 e. The zero-order chi connectivity index (χ0) is 18.8. The first-order valence-corrected chi connectivity index (χ1v) is 10.9. The van der Waals surface area contributed by atoms with Gasteiger partial charge in [-0.3, -0.25) is 0 Å². The number of benzene rings is 1. The van der Waals surface area contributed by atoms with Crippen LogP contribution in [0.5, 0.6) is 0 Å². The van der Waals surface area contributed by atoms with Crippen LogP contribution in [0, 0.1) is 0 Å². The molecule has 3 rings (SSSR count). The van der Waals surface area contributed by atoms with Gasteiger partial charge in [0, 0.05) is 12.5 Å². The van der Waals surface area contributed by atoms with E-state index in [2.05, 4.69) is 4.98 Å². The van der Waals surface area contributed by atoms with Gasteiger partial charge in [0.2, 0.25) is 0 Å². The highest BCUT2D eigenvalue weighted by molar-refractivity contribution is 7.93. The molecule has 0 amide bonds. The summed E-state index contributed by atoms with van der Waals surface area (Å²) >= 11 is 0. The van der Waals surface area contributed by atoms with E-state index >= 15 is 0 Å². The largest absolute Gasteiger partial charge is 0.467 e. The summed E-state index contributed by atoms with van der Waals surface area (Å²) in [5, 5.41) is 0. The molecule has 136 valence electrons. The Morgan fingerprint density at radius 2 is 1.73 bits per heavy atom. The van der Waals surface area contributed by atoms with Crippen molar-refractivity contribution in [2.24, 2.45) is 0 Å². The van der Waals surface area contributed by atoms with E-state index in [1.165, 1.54) is 30.7 Å². The van der Waals surface area contributed by atoms with Crippen LogP contribution in [0.4, 0.5) is 5.82 Å². The highest BCUT2D eigenvalue weighted by Crippen LogP contribution is 2.25. The number of aromatic nitrogens is 1. The molecular weight excluding hydrogens is 376 g/mol. The predicted octanol–water partition coefficient (Wildman–Crippen LogP) is 2.47. The Labute approximate surface area is 151 Å². The van der Waals surface area contributed by atoms with Crippen molar-refractivity contribution < 1.29 is 21.3 Å². The highest BCUT2D eigenvalue weighted by atomic mass is 32.2. The number of hydrogen-bond donors (Lipinski definition) is 0. The van der Waals surface area contributed by atoms with Crippen molar-refractivity contribution >= 4 is 25.7 Å². The van der Waals surface area contributed by atoms with Gasteiger partial charge in [0.15, 0.2) is 9.84 Å². The second-order valence-electron chi connectivity index (χ2n) is 5.53. The summed E-state index contributed by atoms with van der Waals surface area (Å²) in [4.78, 5) is 3.90. The van der Waals surface area contributed by atoms with E-state index in [1.807, 2.05) is 0 Å². The number of hydrogen-bond acceptors (Lipinski definition) is 6. The fraction of sp³-hybridized carbons (Fsp3) is 0.118. The van der Waals surface area contributed by atoms with E-state index < -0.39 is 19.9 Å². The van der Waals surface area contributed by atoms with E-state index in [0.717, 1.165) is 16.6 Å². The van der Waals surface area contributed by atoms with Crippen LogP contribution >= 0.6 is 0 Å². The third kappa shape index (κ3) is 3.78. The normalized spacial score (nSPS) is 12.0. The second-order valence-corrected chi connectivity index (χ2v) is 9.40. The lowest BCUT2D eigenvalue weighted by Gasteiger charge is -2.22. The van der Waals surface area contributed by atoms with Gasteiger partial charge < -0.3 is 4.42 Å². The second kappa shape index (κ2) is 6.93. The maximum absolute atomic E-state index is 13.2. The zero-order valence-electron chi connectivity index (χ0n) is 13.8. The molecule has 0 aliphatic rings. The van der Waals surface area contributed by atoms with E-state index in [4.69, 9.17) is 4.42 Å². The number of nitrogens with zero attached hydrogens (tertiary/aromatic N) is 2. The number of sulfonamides is 1. The van der Waals surface area contributed by atoms with Crippen LogP contribution in [0.15, 0.2) is 81.3 Å². The lowest BCUT2D eigenvalue weighted by molar-refractivity contribution is 0.508. The standard InChI is InChI=1S/C17H16N2O5S2/c1-25(20,21)15-7-4-8-16(12-15)26(22,23)19(13-14-6-5-11-24-14)17-9-2-3-10-18-17/h2-12H,13H2,1H3. The Morgan fingerprint density at radius 1 is 0.962 bits per heavy atom. The van der Waals surface area contributed by atoms with Crippen LogP contribution in [0.3, 0.4) is 0 Å². The van der Waals surface area contributed by atoms with Crippen molar-refractivity contribution in [2.75, 3.05) is 10.6 Å². The summed E-state index contributed by atoms with van der Waals surface area (Å²) in [6.45, 7) is -0.0740. The van der Waals surface area contributed by atoms with Crippen molar-refractivity contribution in [3.05, 3.63) is 72.8 Å². The molecule has 26 heavy (non-hydrogen) atoms. The molecule has 9 heteroatoms. The molecule has 0 aliphatic heterocycles. The molecule has 0 spiro atoms. The molecule has 0 atom stereocenters. The van der Waals surface area contributed by atoms with Crippen LogP contribution < -0.4 is 4.31 Å². The van der Waals surface area contributed by atoms with Gasteiger partial charge in [-0.15, -0.1) is 0 Å². The molecule has 0 radical (unpaired) electrons. The average Bonchev–Trinajstić information content (AvgIpc) is 3.13. The number of furan rings is 1. The van der Waals surface area contributed by atoms with Crippen molar-refractivity contribution in [2.45, 2.75) is 16.3 Å². The van der Waals surface area contributed by atoms with Crippen LogP contribution in [0.2, 0.25) is 0 Å². The fourth-order valence-corrected chi connectivity index (χ4v) is 4.50. The van der Waals surface area contributed by atoms with Crippen LogP contribution in [0.1, 0.15) is 5.76 Å². The molecule has 0 unspecified atom stereocenters. The third-order valence-electron chi connectivity index (χ3n) is 3.61. The van der Waals surface area contributed by atoms with E-state index in [9.17, 15) is 16.8 Å². The van der Waals surface area contributed by atoms with Crippen LogP contribution in [-0.2, 0) is 26.4 Å². The summed E-state index contributed by atoms with van der Waals surface area (Å²) in [5.74, 6) is 0.632. The zero-order valence-corrected chi connectivity index (χ0v) is 15.4. The van der Waals surface area contributed by atoms with Gasteiger partial charge in [-0.25, -0.2) is 26.1 Å². The maximum Gasteiger partial charge on any atom is 0.265 e. The number of pyridine rings is 1. The molecule has 2 aromatic heterocycles. The van der Waals surface area contributed by atoms with Gasteiger partial charge in [0.25, 0.3) is 10.0 Å². The Kier molecular flexibility index (Phi) is 4.84. The first kappa shape index (κ1) is 18.2. The molecule has 0 bridgehead atoms. The molecule has 0 saturated heterocycles. The SMILES string of the molecule is CS(=O)(=O)c1cccc(S(=O)(=O)N(Cc2ccco2)c2ccccn2)c1. The quantitative estimate of drug-likeness (QED) is 0.639. The van der Waals surface area contributed by atoms with Gasteiger partial charge in [-0.05, 0) is 42.5 Å². The lowest BCUT2D eigenvalue weighted by atomic mass is 10.4. The third-order valence-corrected chi connectivity index (χ3v) is 6.46. The Balaban J connectivity index is 2.10. The molecule has 7 nitrogen and oxygen atoms in total. The van der Waals surface area contributed by atoms with E-state index in [-0.39, 0.29) is 22.2 Å². The van der Waals surface area contributed by atoms with Crippen molar-refractivity contribution in [1.29, 1.82) is 0 Å². The molecule has 3 aromatic rings. The molecule has 0 saturated carbocycles. The van der Waals surface area contributed by atoms with Crippen molar-refractivity contribution in [3.63, 3.8) is 0 Å². The summed E-state index contributed by atoms with van der Waals surface area (Å²) in [6, 6.07) is 13.4. The maximum atomic E-state index is 13.2. The molecule has 2 heterocycles. The lowest BCUT2D eigenvalue weighted by Crippen LogP contribution is -2.31. The van der Waals surface area contributed by atoms with Crippen molar-refractivity contribution in [3.8, 4) is 0 Å². The Morgan fingerprint density at radius 3 is 2.35 bits per heavy atom. The minimum atomic E-state index is -4.07. The van der Waals surface area contributed by atoms with E-state index in [1.54, 1.807) is 30.3 Å². The van der Waals surface area contributed by atoms with E-state index in [0.29, 0.717) is 5.76 Å². The molecule has 1 aromatic carbocycles. The summed E-state index contributed by atoms with van der Waals surface area (Å²) < 4.78 is 56.3. The topological polar surface area (TPSA) is 97.5 Å². The van der Waals surface area contributed by atoms with Gasteiger partial charge in [-0.2, -0.15) is 0 Å². The Bertz CT molecular complexity index is 1090. The molecular formula is C17H16N2O5S2. The first-order valence-electron chi connectivity index (χ1n) is 7.55. The van der Waals surface area contributed by atoms with Crippen molar-refractivity contribution in [1.82, 2.24) is 4.98 Å². The first-order chi connectivity index (χ1) is 12.3. The smallest absolute Gasteiger partial charge is 0.265 e. The minimum absolute atomic E-state index is 0.0717. The van der Waals surface area contributed by atoms with Gasteiger partial charge in [0.05, 0.1) is 22.6 Å². The number of sulfone groups is 1. The van der Waals surface area contributed by atoms with Gasteiger partial charge in [-0.1, -0.05) is 12.1 Å². The highest BCUT2D eigenvalue weighted by Gasteiger charge is 2.28. The summed E-state index contributed by atoms with van der Waals surface area (Å²) in [6.07, 6.45) is 3.95. The average molecular weight is 392 g/mol. The Hall–Kier alpha value is -2.65. The molecule has 0 aliphatic carbocycles. The fourth-order valence-electron chi connectivity index (χ4n) is 2.33. The summed E-state index contributed by atoms with van der Waals surface area (Å²) in [5.41, 5.74) is 0. The van der Waals surface area contributed by atoms with Gasteiger partial charge >= 0.3 is 0 Å².